The average Bonchev–Trinajstić information content (AvgIpc) is 3.28. The average molecular weight is 470 g/mol. The van der Waals surface area contributed by atoms with Gasteiger partial charge in [-0.2, -0.15) is 5.10 Å². The third-order valence-corrected chi connectivity index (χ3v) is 6.87. The number of nitrogens with zero attached hydrogens (tertiary/aromatic N) is 3. The fraction of sp³-hybridized carbons (Fsp3) is 0.0769. The van der Waals surface area contributed by atoms with Gasteiger partial charge in [-0.15, -0.1) is 0 Å². The number of aryl methyl sites for hydroxylation is 2. The van der Waals surface area contributed by atoms with E-state index in [4.69, 9.17) is 0 Å². The van der Waals surface area contributed by atoms with Gasteiger partial charge >= 0.3 is 0 Å². The Morgan fingerprint density at radius 1 is 0.853 bits per heavy atom. The van der Waals surface area contributed by atoms with E-state index < -0.39 is 10.0 Å². The summed E-state index contributed by atoms with van der Waals surface area (Å²) in [7, 11) is -3.80. The molecule has 0 saturated heterocycles. The molecule has 8 heteroatoms. The van der Waals surface area contributed by atoms with Gasteiger partial charge in [0.1, 0.15) is 5.82 Å². The summed E-state index contributed by atoms with van der Waals surface area (Å²) in [5.41, 5.74) is 5.42. The Morgan fingerprint density at radius 2 is 1.62 bits per heavy atom. The third kappa shape index (κ3) is 4.23. The van der Waals surface area contributed by atoms with Gasteiger partial charge in [-0.25, -0.2) is 13.1 Å². The number of hydrogen-bond donors (Lipinski definition) is 2. The zero-order valence-corrected chi connectivity index (χ0v) is 19.5. The summed E-state index contributed by atoms with van der Waals surface area (Å²) in [6, 6.07) is 25.7. The van der Waals surface area contributed by atoms with Gasteiger partial charge in [-0.05, 0) is 61.9 Å². The van der Waals surface area contributed by atoms with Crippen LogP contribution in [0.5, 0.6) is 0 Å². The molecule has 0 radical (unpaired) electrons. The first kappa shape index (κ1) is 21.7. The van der Waals surface area contributed by atoms with E-state index in [-0.39, 0.29) is 4.90 Å². The molecule has 0 fully saturated rings. The fourth-order valence-electron chi connectivity index (χ4n) is 3.85. The van der Waals surface area contributed by atoms with Gasteiger partial charge in [0.15, 0.2) is 0 Å². The molecule has 0 bridgehead atoms. The van der Waals surface area contributed by atoms with Crippen LogP contribution in [-0.2, 0) is 10.0 Å². The van der Waals surface area contributed by atoms with Crippen LogP contribution >= 0.6 is 0 Å². The number of rotatable bonds is 6. The van der Waals surface area contributed by atoms with E-state index in [2.05, 4.69) is 20.1 Å². The predicted molar refractivity (Wildman–Crippen MR) is 135 cm³/mol. The van der Waals surface area contributed by atoms with E-state index in [1.165, 1.54) is 0 Å². The van der Waals surface area contributed by atoms with Crippen molar-refractivity contribution in [2.45, 2.75) is 18.7 Å². The molecule has 2 N–H and O–H groups in total. The van der Waals surface area contributed by atoms with Crippen LogP contribution in [-0.4, -0.2) is 23.2 Å². The standard InChI is InChI=1S/C26H23N5O2S/c1-18-7-6-10-23-24(17-19(2)28-26(18)23)29-20-11-13-22(14-12-20)34(32,33)30-25-15-16-27-31(25)21-8-4-3-5-9-21/h3-17,30H,1-2H3,(H,28,29). The maximum absolute atomic E-state index is 13.0. The summed E-state index contributed by atoms with van der Waals surface area (Å²) in [6.07, 6.45) is 1.56. The maximum Gasteiger partial charge on any atom is 0.263 e. The Labute approximate surface area is 198 Å². The number of sulfonamides is 1. The normalized spacial score (nSPS) is 11.5. The van der Waals surface area contributed by atoms with Crippen molar-refractivity contribution < 1.29 is 8.42 Å². The first-order valence-corrected chi connectivity index (χ1v) is 12.3. The number of benzene rings is 3. The van der Waals surface area contributed by atoms with Crippen molar-refractivity contribution in [3.63, 3.8) is 0 Å². The van der Waals surface area contributed by atoms with Crippen LogP contribution in [0.25, 0.3) is 16.6 Å². The molecule has 2 heterocycles. The highest BCUT2D eigenvalue weighted by atomic mass is 32.2. The molecule has 0 amide bonds. The Balaban J connectivity index is 1.40. The minimum Gasteiger partial charge on any atom is -0.355 e. The molecule has 5 aromatic rings. The van der Waals surface area contributed by atoms with Crippen molar-refractivity contribution in [3.05, 3.63) is 102 Å². The molecular weight excluding hydrogens is 446 g/mol. The number of nitrogens with one attached hydrogen (secondary N) is 2. The number of hydrogen-bond acceptors (Lipinski definition) is 5. The highest BCUT2D eigenvalue weighted by molar-refractivity contribution is 7.92. The van der Waals surface area contributed by atoms with Crippen LogP contribution in [0.4, 0.5) is 17.2 Å². The molecule has 0 aliphatic carbocycles. The van der Waals surface area contributed by atoms with Crippen LogP contribution in [0.1, 0.15) is 11.3 Å². The molecule has 0 spiro atoms. The zero-order chi connectivity index (χ0) is 23.7. The van der Waals surface area contributed by atoms with Crippen molar-refractivity contribution in [1.82, 2.24) is 14.8 Å². The van der Waals surface area contributed by atoms with Gasteiger partial charge in [0.05, 0.1) is 22.3 Å². The van der Waals surface area contributed by atoms with Gasteiger partial charge < -0.3 is 5.32 Å². The minimum atomic E-state index is -3.80. The van der Waals surface area contributed by atoms with Gasteiger partial charge in [0.2, 0.25) is 0 Å². The summed E-state index contributed by atoms with van der Waals surface area (Å²) in [5, 5.41) is 8.65. The molecule has 2 aromatic heterocycles. The lowest BCUT2D eigenvalue weighted by molar-refractivity contribution is 0.600. The Hall–Kier alpha value is -4.17. The first-order chi connectivity index (χ1) is 16.4. The summed E-state index contributed by atoms with van der Waals surface area (Å²) >= 11 is 0. The van der Waals surface area contributed by atoms with Gasteiger partial charge in [-0.1, -0.05) is 36.4 Å². The topological polar surface area (TPSA) is 88.9 Å². The Kier molecular flexibility index (Phi) is 5.51. The smallest absolute Gasteiger partial charge is 0.263 e. The monoisotopic (exact) mass is 469 g/mol. The van der Waals surface area contributed by atoms with Crippen LogP contribution in [0.15, 0.2) is 96.0 Å². The Bertz CT molecular complexity index is 1580. The Morgan fingerprint density at radius 3 is 2.38 bits per heavy atom. The number of aromatic nitrogens is 3. The fourth-order valence-corrected chi connectivity index (χ4v) is 4.89. The van der Waals surface area contributed by atoms with Crippen molar-refractivity contribution >= 4 is 38.1 Å². The summed E-state index contributed by atoms with van der Waals surface area (Å²) in [5.74, 6) is 0.363. The quantitative estimate of drug-likeness (QED) is 0.339. The van der Waals surface area contributed by atoms with E-state index in [1.807, 2.05) is 68.4 Å². The van der Waals surface area contributed by atoms with Crippen LogP contribution in [0.2, 0.25) is 0 Å². The van der Waals surface area contributed by atoms with E-state index >= 15 is 0 Å². The molecule has 170 valence electrons. The number of fused-ring (bicyclic) bond motifs is 1. The lowest BCUT2D eigenvalue weighted by Gasteiger charge is -2.13. The van der Waals surface area contributed by atoms with Crippen molar-refractivity contribution in [2.75, 3.05) is 10.0 Å². The zero-order valence-electron chi connectivity index (χ0n) is 18.7. The molecule has 34 heavy (non-hydrogen) atoms. The second kappa shape index (κ2) is 8.64. The second-order valence-electron chi connectivity index (χ2n) is 8.00. The number of para-hydroxylation sites is 2. The van der Waals surface area contributed by atoms with Gasteiger partial charge in [0, 0.05) is 28.5 Å². The van der Waals surface area contributed by atoms with Crippen molar-refractivity contribution in [2.24, 2.45) is 0 Å². The molecule has 7 nitrogen and oxygen atoms in total. The number of pyridine rings is 1. The van der Waals surface area contributed by atoms with Crippen LogP contribution < -0.4 is 10.0 Å². The highest BCUT2D eigenvalue weighted by Gasteiger charge is 2.17. The molecule has 0 unspecified atom stereocenters. The molecule has 0 aliphatic heterocycles. The predicted octanol–water partition coefficient (Wildman–Crippen LogP) is 5.58. The molecule has 0 saturated carbocycles. The summed E-state index contributed by atoms with van der Waals surface area (Å²) in [6.45, 7) is 3.99. The van der Waals surface area contributed by atoms with Crippen LogP contribution in [0.3, 0.4) is 0 Å². The van der Waals surface area contributed by atoms with Gasteiger partial charge in [-0.3, -0.25) is 9.71 Å². The van der Waals surface area contributed by atoms with Crippen LogP contribution in [0, 0.1) is 13.8 Å². The number of anilines is 3. The lowest BCUT2D eigenvalue weighted by atomic mass is 10.1. The first-order valence-electron chi connectivity index (χ1n) is 10.8. The SMILES string of the molecule is Cc1cc(Nc2ccc(S(=O)(=O)Nc3ccnn3-c3ccccc3)cc2)c2cccc(C)c2n1. The van der Waals surface area contributed by atoms with Crippen molar-refractivity contribution in [3.8, 4) is 5.69 Å². The van der Waals surface area contributed by atoms with E-state index in [9.17, 15) is 8.42 Å². The lowest BCUT2D eigenvalue weighted by Crippen LogP contribution is -2.16. The maximum atomic E-state index is 13.0. The molecule has 0 aliphatic rings. The summed E-state index contributed by atoms with van der Waals surface area (Å²) < 4.78 is 30.2. The minimum absolute atomic E-state index is 0.158. The largest absolute Gasteiger partial charge is 0.355 e. The van der Waals surface area contributed by atoms with E-state index in [1.54, 1.807) is 41.2 Å². The molecule has 3 aromatic carbocycles. The molecular formula is C26H23N5O2S. The van der Waals surface area contributed by atoms with Gasteiger partial charge in [0.25, 0.3) is 10.0 Å². The molecule has 5 rings (SSSR count). The molecule has 0 atom stereocenters. The van der Waals surface area contributed by atoms with E-state index in [0.717, 1.165) is 39.2 Å². The highest BCUT2D eigenvalue weighted by Crippen LogP contribution is 2.29. The second-order valence-corrected chi connectivity index (χ2v) is 9.68. The van der Waals surface area contributed by atoms with E-state index in [0.29, 0.717) is 5.82 Å². The summed E-state index contributed by atoms with van der Waals surface area (Å²) in [4.78, 5) is 4.81. The third-order valence-electron chi connectivity index (χ3n) is 5.50. The van der Waals surface area contributed by atoms with Crippen molar-refractivity contribution in [1.29, 1.82) is 0 Å².